The number of carbonyl (C=O) groups is 3. The van der Waals surface area contributed by atoms with E-state index in [4.69, 9.17) is 10.5 Å². The lowest BCUT2D eigenvalue weighted by atomic mass is 10.1. The van der Waals surface area contributed by atoms with Crippen molar-refractivity contribution in [2.75, 3.05) is 16.8 Å². The zero-order valence-electron chi connectivity index (χ0n) is 14.3. The van der Waals surface area contributed by atoms with Crippen LogP contribution in [0.5, 0.6) is 5.75 Å². The highest BCUT2D eigenvalue weighted by Crippen LogP contribution is 2.31. The van der Waals surface area contributed by atoms with Gasteiger partial charge in [0.25, 0.3) is 11.8 Å². The zero-order chi connectivity index (χ0) is 18.7. The largest absolute Gasteiger partial charge is 0.483 e. The first-order chi connectivity index (χ1) is 12.5. The van der Waals surface area contributed by atoms with Gasteiger partial charge in [-0.15, -0.1) is 0 Å². The van der Waals surface area contributed by atoms with Crippen molar-refractivity contribution in [2.24, 2.45) is 5.73 Å². The van der Waals surface area contributed by atoms with Gasteiger partial charge in [-0.1, -0.05) is 24.3 Å². The quantitative estimate of drug-likeness (QED) is 0.877. The second-order valence-electron chi connectivity index (χ2n) is 6.03. The molecule has 0 bridgehead atoms. The van der Waals surface area contributed by atoms with Gasteiger partial charge < -0.3 is 20.7 Å². The maximum Gasteiger partial charge on any atom is 0.265 e. The van der Waals surface area contributed by atoms with Gasteiger partial charge in [0.2, 0.25) is 5.91 Å². The summed E-state index contributed by atoms with van der Waals surface area (Å²) in [6, 6.07) is 13.2. The summed E-state index contributed by atoms with van der Waals surface area (Å²) >= 11 is 0. The molecule has 2 aromatic carbocycles. The van der Waals surface area contributed by atoms with E-state index in [0.717, 1.165) is 0 Å². The van der Waals surface area contributed by atoms with E-state index < -0.39 is 5.91 Å². The van der Waals surface area contributed by atoms with Crippen LogP contribution in [0.3, 0.4) is 0 Å². The molecule has 0 fully saturated rings. The van der Waals surface area contributed by atoms with E-state index in [-0.39, 0.29) is 42.2 Å². The molecule has 3 amide bonds. The van der Waals surface area contributed by atoms with Gasteiger partial charge in [-0.2, -0.15) is 0 Å². The molecule has 3 N–H and O–H groups in total. The molecule has 0 aromatic heterocycles. The van der Waals surface area contributed by atoms with Crippen LogP contribution in [-0.2, 0) is 9.59 Å². The molecular formula is C19H19N3O4. The molecule has 0 unspecified atom stereocenters. The summed E-state index contributed by atoms with van der Waals surface area (Å²) in [5.74, 6) is -0.851. The fourth-order valence-electron chi connectivity index (χ4n) is 2.97. The lowest BCUT2D eigenvalue weighted by Crippen LogP contribution is -2.41. The van der Waals surface area contributed by atoms with Crippen molar-refractivity contribution in [1.82, 2.24) is 0 Å². The van der Waals surface area contributed by atoms with E-state index in [1.54, 1.807) is 54.3 Å². The van der Waals surface area contributed by atoms with Crippen molar-refractivity contribution in [1.29, 1.82) is 0 Å². The number of nitrogens with one attached hydrogen (secondary N) is 1. The number of primary amides is 1. The summed E-state index contributed by atoms with van der Waals surface area (Å²) < 4.78 is 5.55. The lowest BCUT2D eigenvalue weighted by Gasteiger charge is -2.27. The van der Waals surface area contributed by atoms with Crippen molar-refractivity contribution in [3.63, 3.8) is 0 Å². The second-order valence-corrected chi connectivity index (χ2v) is 6.03. The van der Waals surface area contributed by atoms with Crippen LogP contribution in [0, 0.1) is 0 Å². The molecular weight excluding hydrogens is 334 g/mol. The monoisotopic (exact) mass is 353 g/mol. The van der Waals surface area contributed by atoms with E-state index >= 15 is 0 Å². The zero-order valence-corrected chi connectivity index (χ0v) is 14.3. The first-order valence-corrected chi connectivity index (χ1v) is 8.20. The van der Waals surface area contributed by atoms with E-state index in [1.807, 2.05) is 0 Å². The van der Waals surface area contributed by atoms with Gasteiger partial charge in [-0.25, -0.2) is 0 Å². The highest BCUT2D eigenvalue weighted by molar-refractivity contribution is 6.05. The predicted molar refractivity (Wildman–Crippen MR) is 97.1 cm³/mol. The molecule has 0 spiro atoms. The smallest absolute Gasteiger partial charge is 0.265 e. The standard InChI is InChI=1S/C19H19N3O4/c1-12-10-17(23)21-14-7-3-4-8-15(14)22(12)18(24)11-26-16-9-5-2-6-13(16)19(20)25/h2-9,12H,10-11H2,1H3,(H2,20,25)(H,21,23)/t12-/m0/s1. The SMILES string of the molecule is C[C@H]1CC(=O)Nc2ccccc2N1C(=O)COc1ccccc1C(N)=O. The Morgan fingerprint density at radius 3 is 2.65 bits per heavy atom. The Hall–Kier alpha value is -3.35. The predicted octanol–water partition coefficient (Wildman–Crippen LogP) is 1.93. The number of hydrogen-bond acceptors (Lipinski definition) is 4. The molecule has 26 heavy (non-hydrogen) atoms. The minimum atomic E-state index is -0.628. The third-order valence-corrected chi connectivity index (χ3v) is 4.13. The van der Waals surface area contributed by atoms with E-state index in [0.29, 0.717) is 11.4 Å². The normalized spacial score (nSPS) is 16.3. The van der Waals surface area contributed by atoms with Gasteiger partial charge in [-0.05, 0) is 31.2 Å². The Kier molecular flexibility index (Phi) is 4.88. The number of amides is 3. The molecule has 1 aliphatic heterocycles. The molecule has 0 saturated carbocycles. The van der Waals surface area contributed by atoms with Gasteiger partial charge in [0.05, 0.1) is 16.9 Å². The maximum absolute atomic E-state index is 12.8. The first kappa shape index (κ1) is 17.5. The second kappa shape index (κ2) is 7.26. The van der Waals surface area contributed by atoms with Crippen LogP contribution in [0.15, 0.2) is 48.5 Å². The number of anilines is 2. The average molecular weight is 353 g/mol. The summed E-state index contributed by atoms with van der Waals surface area (Å²) in [6.45, 7) is 1.52. The molecule has 7 nitrogen and oxygen atoms in total. The number of hydrogen-bond donors (Lipinski definition) is 2. The summed E-state index contributed by atoms with van der Waals surface area (Å²) in [6.07, 6.45) is 0.179. The molecule has 1 heterocycles. The third-order valence-electron chi connectivity index (χ3n) is 4.13. The average Bonchev–Trinajstić information content (AvgIpc) is 2.74. The van der Waals surface area contributed by atoms with E-state index in [1.165, 1.54) is 6.07 Å². The van der Waals surface area contributed by atoms with Gasteiger partial charge in [0.15, 0.2) is 6.61 Å². The number of ether oxygens (including phenoxy) is 1. The third kappa shape index (κ3) is 3.51. The summed E-state index contributed by atoms with van der Waals surface area (Å²) in [5, 5.41) is 2.80. The molecule has 0 aliphatic carbocycles. The Labute approximate surface area is 150 Å². The number of benzene rings is 2. The minimum absolute atomic E-state index is 0.153. The maximum atomic E-state index is 12.8. The number of fused-ring (bicyclic) bond motifs is 1. The highest BCUT2D eigenvalue weighted by Gasteiger charge is 2.29. The first-order valence-electron chi connectivity index (χ1n) is 8.20. The van der Waals surface area contributed by atoms with Crippen molar-refractivity contribution in [3.05, 3.63) is 54.1 Å². The van der Waals surface area contributed by atoms with Crippen molar-refractivity contribution in [3.8, 4) is 5.75 Å². The highest BCUT2D eigenvalue weighted by atomic mass is 16.5. The Morgan fingerprint density at radius 1 is 1.19 bits per heavy atom. The fourth-order valence-corrected chi connectivity index (χ4v) is 2.97. The minimum Gasteiger partial charge on any atom is -0.483 e. The Morgan fingerprint density at radius 2 is 1.88 bits per heavy atom. The molecule has 1 aliphatic rings. The van der Waals surface area contributed by atoms with Crippen LogP contribution < -0.4 is 20.7 Å². The summed E-state index contributed by atoms with van der Waals surface area (Å²) in [7, 11) is 0. The van der Waals surface area contributed by atoms with E-state index in [2.05, 4.69) is 5.32 Å². The van der Waals surface area contributed by atoms with Crippen LogP contribution >= 0.6 is 0 Å². The molecule has 1 atom stereocenters. The lowest BCUT2D eigenvalue weighted by molar-refractivity contribution is -0.121. The topological polar surface area (TPSA) is 102 Å². The van der Waals surface area contributed by atoms with Crippen LogP contribution in [-0.4, -0.2) is 30.4 Å². The Bertz CT molecular complexity index is 865. The van der Waals surface area contributed by atoms with Crippen molar-refractivity contribution < 1.29 is 19.1 Å². The van der Waals surface area contributed by atoms with Crippen LogP contribution in [0.4, 0.5) is 11.4 Å². The van der Waals surface area contributed by atoms with Crippen molar-refractivity contribution in [2.45, 2.75) is 19.4 Å². The van der Waals surface area contributed by atoms with Gasteiger partial charge in [-0.3, -0.25) is 14.4 Å². The fraction of sp³-hybridized carbons (Fsp3) is 0.211. The molecule has 134 valence electrons. The number of nitrogens with zero attached hydrogens (tertiary/aromatic N) is 1. The number of rotatable bonds is 4. The molecule has 3 rings (SSSR count). The number of nitrogens with two attached hydrogens (primary N) is 1. The van der Waals surface area contributed by atoms with Gasteiger partial charge >= 0.3 is 0 Å². The molecule has 0 saturated heterocycles. The van der Waals surface area contributed by atoms with E-state index in [9.17, 15) is 14.4 Å². The molecule has 2 aromatic rings. The molecule has 0 radical (unpaired) electrons. The van der Waals surface area contributed by atoms with Crippen molar-refractivity contribution >= 4 is 29.1 Å². The van der Waals surface area contributed by atoms with Gasteiger partial charge in [0.1, 0.15) is 5.75 Å². The Balaban J connectivity index is 1.83. The van der Waals surface area contributed by atoms with Crippen LogP contribution in [0.2, 0.25) is 0 Å². The summed E-state index contributed by atoms with van der Waals surface area (Å²) in [5.41, 5.74) is 6.72. The van der Waals surface area contributed by atoms with Crippen LogP contribution in [0.25, 0.3) is 0 Å². The molecule has 7 heteroatoms. The number of para-hydroxylation sites is 3. The number of carbonyl (C=O) groups excluding carboxylic acids is 3. The summed E-state index contributed by atoms with van der Waals surface area (Å²) in [4.78, 5) is 37.8. The van der Waals surface area contributed by atoms with Gasteiger partial charge in [0, 0.05) is 12.5 Å². The van der Waals surface area contributed by atoms with Crippen LogP contribution in [0.1, 0.15) is 23.7 Å².